The van der Waals surface area contributed by atoms with Gasteiger partial charge in [-0.25, -0.2) is 4.98 Å². The van der Waals surface area contributed by atoms with Crippen LogP contribution in [0.25, 0.3) is 0 Å². The molecule has 3 rings (SSSR count). The number of carbonyl (C=O) groups is 1. The number of morpholine rings is 1. The first-order chi connectivity index (χ1) is 11.2. The third-order valence-electron chi connectivity index (χ3n) is 4.14. The Kier molecular flexibility index (Phi) is 4.73. The maximum atomic E-state index is 12.5. The van der Waals surface area contributed by atoms with E-state index in [1.807, 2.05) is 30.3 Å². The third kappa shape index (κ3) is 3.78. The molecule has 0 radical (unpaired) electrons. The standard InChI is InChI=1S/C17H21N3O3/c21-13-17(10-15-4-2-1-3-5-15)12-20(8-9-23-17)16(22)11-19-7-6-18-14-19/h1-7,14,21H,8-13H2. The van der Waals surface area contributed by atoms with Gasteiger partial charge in [0.1, 0.15) is 12.1 Å². The summed E-state index contributed by atoms with van der Waals surface area (Å²) in [5, 5.41) is 9.88. The van der Waals surface area contributed by atoms with Gasteiger partial charge in [-0.15, -0.1) is 0 Å². The molecule has 1 aromatic carbocycles. The lowest BCUT2D eigenvalue weighted by atomic mass is 9.93. The summed E-state index contributed by atoms with van der Waals surface area (Å²) in [4.78, 5) is 18.2. The Morgan fingerprint density at radius 1 is 1.35 bits per heavy atom. The molecule has 0 saturated carbocycles. The average Bonchev–Trinajstić information content (AvgIpc) is 3.09. The molecular weight excluding hydrogens is 294 g/mol. The molecule has 1 fully saturated rings. The van der Waals surface area contributed by atoms with E-state index in [0.717, 1.165) is 5.56 Å². The molecule has 0 bridgehead atoms. The molecule has 1 N–H and O–H groups in total. The van der Waals surface area contributed by atoms with E-state index in [0.29, 0.717) is 26.1 Å². The fourth-order valence-corrected chi connectivity index (χ4v) is 2.92. The Labute approximate surface area is 135 Å². The highest BCUT2D eigenvalue weighted by Gasteiger charge is 2.38. The van der Waals surface area contributed by atoms with Crippen LogP contribution in [0.1, 0.15) is 5.56 Å². The maximum Gasteiger partial charge on any atom is 0.242 e. The zero-order valence-electron chi connectivity index (χ0n) is 13.0. The predicted octanol–water partition coefficient (Wildman–Crippen LogP) is 0.716. The molecule has 1 aliphatic heterocycles. The summed E-state index contributed by atoms with van der Waals surface area (Å²) >= 11 is 0. The number of hydrogen-bond acceptors (Lipinski definition) is 4. The summed E-state index contributed by atoms with van der Waals surface area (Å²) in [5.41, 5.74) is 0.356. The van der Waals surface area contributed by atoms with Crippen molar-refractivity contribution in [2.45, 2.75) is 18.6 Å². The van der Waals surface area contributed by atoms with Crippen LogP contribution in [-0.4, -0.2) is 57.4 Å². The smallest absolute Gasteiger partial charge is 0.242 e. The molecule has 1 unspecified atom stereocenters. The molecule has 6 heteroatoms. The first-order valence-corrected chi connectivity index (χ1v) is 7.73. The number of nitrogens with zero attached hydrogens (tertiary/aromatic N) is 3. The summed E-state index contributed by atoms with van der Waals surface area (Å²) in [7, 11) is 0. The Hall–Kier alpha value is -2.18. The van der Waals surface area contributed by atoms with Gasteiger partial charge >= 0.3 is 0 Å². The van der Waals surface area contributed by atoms with Gasteiger partial charge in [-0.05, 0) is 5.56 Å². The van der Waals surface area contributed by atoms with Crippen LogP contribution in [-0.2, 0) is 22.5 Å². The molecule has 1 amide bonds. The van der Waals surface area contributed by atoms with E-state index in [2.05, 4.69) is 4.98 Å². The van der Waals surface area contributed by atoms with Crippen molar-refractivity contribution in [3.8, 4) is 0 Å². The lowest BCUT2D eigenvalue weighted by Gasteiger charge is -2.42. The minimum absolute atomic E-state index is 0.0113. The summed E-state index contributed by atoms with van der Waals surface area (Å²) in [5.74, 6) is 0.0113. The van der Waals surface area contributed by atoms with E-state index in [-0.39, 0.29) is 19.1 Å². The molecule has 1 aromatic heterocycles. The molecule has 0 spiro atoms. The summed E-state index contributed by atoms with van der Waals surface area (Å²) in [6.07, 6.45) is 5.63. The summed E-state index contributed by atoms with van der Waals surface area (Å²) < 4.78 is 7.62. The van der Waals surface area contributed by atoms with E-state index in [1.54, 1.807) is 28.2 Å². The van der Waals surface area contributed by atoms with E-state index >= 15 is 0 Å². The number of aliphatic hydroxyl groups is 1. The van der Waals surface area contributed by atoms with Crippen LogP contribution in [0.5, 0.6) is 0 Å². The highest BCUT2D eigenvalue weighted by atomic mass is 16.5. The number of ether oxygens (including phenoxy) is 1. The lowest BCUT2D eigenvalue weighted by Crippen LogP contribution is -2.57. The maximum absolute atomic E-state index is 12.5. The van der Waals surface area contributed by atoms with Gasteiger partial charge in [0.05, 0.1) is 26.1 Å². The lowest BCUT2D eigenvalue weighted by molar-refractivity contribution is -0.158. The van der Waals surface area contributed by atoms with E-state index in [4.69, 9.17) is 4.74 Å². The summed E-state index contributed by atoms with van der Waals surface area (Å²) in [6, 6.07) is 9.90. The molecular formula is C17H21N3O3. The number of aliphatic hydroxyl groups excluding tert-OH is 1. The molecule has 1 atom stereocenters. The van der Waals surface area contributed by atoms with Gasteiger partial charge < -0.3 is 19.3 Å². The second-order valence-electron chi connectivity index (χ2n) is 5.90. The van der Waals surface area contributed by atoms with Crippen LogP contribution in [0.4, 0.5) is 0 Å². The Balaban J connectivity index is 1.68. The van der Waals surface area contributed by atoms with Crippen LogP contribution >= 0.6 is 0 Å². The number of benzene rings is 1. The SMILES string of the molecule is O=C(Cn1ccnc1)N1CCOC(CO)(Cc2ccccc2)C1. The topological polar surface area (TPSA) is 67.6 Å². The van der Waals surface area contributed by atoms with Crippen LogP contribution in [0, 0.1) is 0 Å². The van der Waals surface area contributed by atoms with Crippen molar-refractivity contribution in [1.82, 2.24) is 14.5 Å². The van der Waals surface area contributed by atoms with Gasteiger partial charge in [0.15, 0.2) is 0 Å². The molecule has 1 aliphatic rings. The predicted molar refractivity (Wildman–Crippen MR) is 84.7 cm³/mol. The van der Waals surface area contributed by atoms with Crippen molar-refractivity contribution in [1.29, 1.82) is 0 Å². The quantitative estimate of drug-likeness (QED) is 0.883. The van der Waals surface area contributed by atoms with Crippen LogP contribution in [0.15, 0.2) is 49.1 Å². The zero-order valence-corrected chi connectivity index (χ0v) is 13.0. The number of aromatic nitrogens is 2. The fraction of sp³-hybridized carbons (Fsp3) is 0.412. The van der Waals surface area contributed by atoms with Crippen molar-refractivity contribution in [2.24, 2.45) is 0 Å². The highest BCUT2D eigenvalue weighted by Crippen LogP contribution is 2.23. The highest BCUT2D eigenvalue weighted by molar-refractivity contribution is 5.76. The summed E-state index contributed by atoms with van der Waals surface area (Å²) in [6.45, 7) is 1.52. The van der Waals surface area contributed by atoms with Gasteiger partial charge in [-0.1, -0.05) is 30.3 Å². The molecule has 122 valence electrons. The molecule has 1 saturated heterocycles. The van der Waals surface area contributed by atoms with Crippen LogP contribution in [0.2, 0.25) is 0 Å². The van der Waals surface area contributed by atoms with Crippen molar-refractivity contribution >= 4 is 5.91 Å². The van der Waals surface area contributed by atoms with Gasteiger partial charge in [0.25, 0.3) is 0 Å². The van der Waals surface area contributed by atoms with E-state index < -0.39 is 5.60 Å². The number of rotatable bonds is 5. The van der Waals surface area contributed by atoms with Gasteiger partial charge in [-0.2, -0.15) is 0 Å². The number of amides is 1. The minimum Gasteiger partial charge on any atom is -0.393 e. The zero-order chi connectivity index (χ0) is 16.1. The van der Waals surface area contributed by atoms with E-state index in [9.17, 15) is 9.90 Å². The van der Waals surface area contributed by atoms with Crippen LogP contribution < -0.4 is 0 Å². The number of hydrogen-bond donors (Lipinski definition) is 1. The molecule has 6 nitrogen and oxygen atoms in total. The third-order valence-corrected chi connectivity index (χ3v) is 4.14. The van der Waals surface area contributed by atoms with Gasteiger partial charge in [-0.3, -0.25) is 4.79 Å². The Morgan fingerprint density at radius 2 is 2.17 bits per heavy atom. The Morgan fingerprint density at radius 3 is 2.87 bits per heavy atom. The number of imidazole rings is 1. The van der Waals surface area contributed by atoms with Crippen LogP contribution in [0.3, 0.4) is 0 Å². The molecule has 2 aromatic rings. The molecule has 2 heterocycles. The molecule has 23 heavy (non-hydrogen) atoms. The monoisotopic (exact) mass is 315 g/mol. The second-order valence-corrected chi connectivity index (χ2v) is 5.90. The normalized spacial score (nSPS) is 21.3. The Bertz CT molecular complexity index is 630. The first-order valence-electron chi connectivity index (χ1n) is 7.73. The van der Waals surface area contributed by atoms with Crippen molar-refractivity contribution in [2.75, 3.05) is 26.3 Å². The van der Waals surface area contributed by atoms with Gasteiger partial charge in [0.2, 0.25) is 5.91 Å². The van der Waals surface area contributed by atoms with Crippen molar-refractivity contribution < 1.29 is 14.6 Å². The minimum atomic E-state index is -0.732. The number of carbonyl (C=O) groups excluding carboxylic acids is 1. The molecule has 0 aliphatic carbocycles. The van der Waals surface area contributed by atoms with Crippen molar-refractivity contribution in [3.63, 3.8) is 0 Å². The fourth-order valence-electron chi connectivity index (χ4n) is 2.92. The van der Waals surface area contributed by atoms with Crippen molar-refractivity contribution in [3.05, 3.63) is 54.6 Å². The second kappa shape index (κ2) is 6.93. The van der Waals surface area contributed by atoms with E-state index in [1.165, 1.54) is 0 Å². The average molecular weight is 315 g/mol. The first kappa shape index (κ1) is 15.7. The van der Waals surface area contributed by atoms with Gasteiger partial charge in [0, 0.05) is 25.4 Å². The largest absolute Gasteiger partial charge is 0.393 e.